The van der Waals surface area contributed by atoms with Gasteiger partial charge in [0.2, 0.25) is 0 Å². The summed E-state index contributed by atoms with van der Waals surface area (Å²) < 4.78 is 5.34. The number of halogens is 2. The maximum atomic E-state index is 6.03. The Hall–Kier alpha value is -1.33. The van der Waals surface area contributed by atoms with E-state index in [0.717, 1.165) is 16.9 Å². The van der Waals surface area contributed by atoms with Crippen molar-refractivity contribution in [1.29, 1.82) is 0 Å². The molecule has 0 spiro atoms. The van der Waals surface area contributed by atoms with Crippen LogP contribution in [0.5, 0.6) is 5.75 Å². The van der Waals surface area contributed by atoms with Crippen molar-refractivity contribution in [2.75, 3.05) is 7.11 Å². The number of hydrogen-bond acceptors (Lipinski definition) is 4. The van der Waals surface area contributed by atoms with Gasteiger partial charge in [-0.05, 0) is 47.9 Å². The summed E-state index contributed by atoms with van der Waals surface area (Å²) in [6, 6.07) is 9.04. The van der Waals surface area contributed by atoms with Gasteiger partial charge in [0, 0.05) is 11.2 Å². The molecule has 0 saturated heterocycles. The van der Waals surface area contributed by atoms with Crippen molar-refractivity contribution in [1.82, 2.24) is 10.4 Å². The lowest BCUT2D eigenvalue weighted by Gasteiger charge is -2.18. The van der Waals surface area contributed by atoms with E-state index in [1.165, 1.54) is 0 Å². The molecule has 20 heavy (non-hydrogen) atoms. The normalized spacial score (nSPS) is 12.2. The highest BCUT2D eigenvalue weighted by atomic mass is 35.5. The first kappa shape index (κ1) is 15.1. The van der Waals surface area contributed by atoms with Gasteiger partial charge in [-0.15, -0.1) is 0 Å². The molecule has 1 aromatic carbocycles. The highest BCUT2D eigenvalue weighted by Gasteiger charge is 2.14. The van der Waals surface area contributed by atoms with Gasteiger partial charge in [0.05, 0.1) is 13.2 Å². The van der Waals surface area contributed by atoms with Gasteiger partial charge in [-0.25, -0.2) is 4.98 Å². The molecule has 0 saturated carbocycles. The van der Waals surface area contributed by atoms with Crippen molar-refractivity contribution in [3.8, 4) is 5.75 Å². The maximum Gasteiger partial charge on any atom is 0.129 e. The third-order valence-corrected chi connectivity index (χ3v) is 3.46. The van der Waals surface area contributed by atoms with Gasteiger partial charge >= 0.3 is 0 Å². The van der Waals surface area contributed by atoms with E-state index in [2.05, 4.69) is 10.4 Å². The molecule has 0 radical (unpaired) electrons. The molecule has 1 aromatic heterocycles. The zero-order valence-electron chi connectivity index (χ0n) is 10.9. The fourth-order valence-electron chi connectivity index (χ4n) is 2.03. The zero-order valence-corrected chi connectivity index (χ0v) is 12.4. The van der Waals surface area contributed by atoms with E-state index in [0.29, 0.717) is 16.6 Å². The first-order chi connectivity index (χ1) is 9.63. The van der Waals surface area contributed by atoms with E-state index in [-0.39, 0.29) is 6.04 Å². The highest BCUT2D eigenvalue weighted by molar-refractivity contribution is 6.30. The lowest BCUT2D eigenvalue weighted by atomic mass is 9.99. The largest absolute Gasteiger partial charge is 0.496 e. The average Bonchev–Trinajstić information content (AvgIpc) is 2.45. The van der Waals surface area contributed by atoms with Crippen LogP contribution in [-0.2, 0) is 6.42 Å². The summed E-state index contributed by atoms with van der Waals surface area (Å²) in [5.41, 5.74) is 4.70. The molecule has 106 valence electrons. The van der Waals surface area contributed by atoms with E-state index in [9.17, 15) is 0 Å². The Bertz CT molecular complexity index is 592. The molecule has 0 aliphatic rings. The van der Waals surface area contributed by atoms with Crippen molar-refractivity contribution in [2.45, 2.75) is 12.5 Å². The third-order valence-electron chi connectivity index (χ3n) is 3.02. The van der Waals surface area contributed by atoms with Crippen molar-refractivity contribution >= 4 is 23.2 Å². The van der Waals surface area contributed by atoms with Crippen LogP contribution < -0.4 is 16.0 Å². The molecular formula is C14H15Cl2N3O. The van der Waals surface area contributed by atoms with E-state index < -0.39 is 0 Å². The average molecular weight is 312 g/mol. The highest BCUT2D eigenvalue weighted by Crippen LogP contribution is 2.28. The fourth-order valence-corrected chi connectivity index (χ4v) is 2.41. The zero-order chi connectivity index (χ0) is 14.5. The number of hydrazine groups is 1. The molecule has 2 aromatic rings. The summed E-state index contributed by atoms with van der Waals surface area (Å²) in [5.74, 6) is 6.42. The first-order valence-electron chi connectivity index (χ1n) is 6.04. The number of methoxy groups -OCH3 is 1. The lowest BCUT2D eigenvalue weighted by Crippen LogP contribution is -2.29. The predicted octanol–water partition coefficient (Wildman–Crippen LogP) is 3.14. The number of benzene rings is 1. The van der Waals surface area contributed by atoms with Crippen LogP contribution in [0.4, 0.5) is 0 Å². The van der Waals surface area contributed by atoms with Crippen molar-refractivity contribution < 1.29 is 4.74 Å². The van der Waals surface area contributed by atoms with Crippen LogP contribution in [0, 0.1) is 0 Å². The summed E-state index contributed by atoms with van der Waals surface area (Å²) in [6.45, 7) is 0. The van der Waals surface area contributed by atoms with Gasteiger partial charge in [-0.1, -0.05) is 23.2 Å². The summed E-state index contributed by atoms with van der Waals surface area (Å²) >= 11 is 11.9. The van der Waals surface area contributed by atoms with Gasteiger partial charge in [0.15, 0.2) is 0 Å². The molecule has 0 aliphatic carbocycles. The third kappa shape index (κ3) is 3.61. The van der Waals surface area contributed by atoms with Crippen LogP contribution in [0.25, 0.3) is 0 Å². The number of nitrogens with two attached hydrogens (primary N) is 1. The standard InChI is InChI=1S/C14H15Cl2N3O/c1-20-13-3-2-11(15)6-10(13)7-12(19-17)9-4-5-18-14(16)8-9/h2-6,8,12,19H,7,17H2,1H3. The molecule has 0 aliphatic heterocycles. The molecule has 2 rings (SSSR count). The van der Waals surface area contributed by atoms with Crippen LogP contribution in [0.3, 0.4) is 0 Å². The number of rotatable bonds is 5. The second kappa shape index (κ2) is 6.90. The minimum absolute atomic E-state index is 0.108. The molecule has 0 fully saturated rings. The van der Waals surface area contributed by atoms with Gasteiger partial charge in [-0.3, -0.25) is 11.3 Å². The summed E-state index contributed by atoms with van der Waals surface area (Å²) in [4.78, 5) is 3.96. The number of nitrogens with zero attached hydrogens (tertiary/aromatic N) is 1. The van der Waals surface area contributed by atoms with Gasteiger partial charge in [0.1, 0.15) is 10.9 Å². The first-order valence-corrected chi connectivity index (χ1v) is 6.79. The number of ether oxygens (including phenoxy) is 1. The Morgan fingerprint density at radius 2 is 2.10 bits per heavy atom. The molecule has 3 N–H and O–H groups in total. The second-order valence-electron chi connectivity index (χ2n) is 4.29. The second-order valence-corrected chi connectivity index (χ2v) is 5.12. The summed E-state index contributed by atoms with van der Waals surface area (Å²) in [6.07, 6.45) is 2.28. The van der Waals surface area contributed by atoms with Gasteiger partial charge < -0.3 is 4.74 Å². The molecular weight excluding hydrogens is 297 g/mol. The molecule has 1 heterocycles. The molecule has 1 atom stereocenters. The maximum absolute atomic E-state index is 6.03. The lowest BCUT2D eigenvalue weighted by molar-refractivity contribution is 0.405. The SMILES string of the molecule is COc1ccc(Cl)cc1CC(NN)c1ccnc(Cl)c1. The Morgan fingerprint density at radius 1 is 1.30 bits per heavy atom. The Labute approximate surface area is 127 Å². The van der Waals surface area contributed by atoms with Crippen LogP contribution in [-0.4, -0.2) is 12.1 Å². The number of aromatic nitrogens is 1. The quantitative estimate of drug-likeness (QED) is 0.506. The molecule has 0 bridgehead atoms. The summed E-state index contributed by atoms with van der Waals surface area (Å²) in [7, 11) is 1.63. The Morgan fingerprint density at radius 3 is 2.75 bits per heavy atom. The van der Waals surface area contributed by atoms with Crippen LogP contribution in [0.15, 0.2) is 36.5 Å². The van der Waals surface area contributed by atoms with Crippen molar-refractivity contribution in [3.63, 3.8) is 0 Å². The molecule has 6 heteroatoms. The van der Waals surface area contributed by atoms with Crippen LogP contribution >= 0.6 is 23.2 Å². The van der Waals surface area contributed by atoms with Gasteiger partial charge in [0.25, 0.3) is 0 Å². The monoisotopic (exact) mass is 311 g/mol. The number of pyridine rings is 1. The smallest absolute Gasteiger partial charge is 0.129 e. The fraction of sp³-hybridized carbons (Fsp3) is 0.214. The van der Waals surface area contributed by atoms with Crippen LogP contribution in [0.2, 0.25) is 10.2 Å². The van der Waals surface area contributed by atoms with E-state index in [4.69, 9.17) is 33.8 Å². The van der Waals surface area contributed by atoms with Crippen molar-refractivity contribution in [2.24, 2.45) is 5.84 Å². The minimum Gasteiger partial charge on any atom is -0.496 e. The Balaban J connectivity index is 2.28. The van der Waals surface area contributed by atoms with Crippen LogP contribution in [0.1, 0.15) is 17.2 Å². The van der Waals surface area contributed by atoms with Gasteiger partial charge in [-0.2, -0.15) is 0 Å². The number of hydrogen-bond donors (Lipinski definition) is 2. The minimum atomic E-state index is -0.108. The van der Waals surface area contributed by atoms with E-state index in [1.54, 1.807) is 25.4 Å². The molecule has 1 unspecified atom stereocenters. The summed E-state index contributed by atoms with van der Waals surface area (Å²) in [5, 5.41) is 1.09. The molecule has 0 amide bonds. The Kier molecular flexibility index (Phi) is 5.20. The predicted molar refractivity (Wildman–Crippen MR) is 81.0 cm³/mol. The van der Waals surface area contributed by atoms with E-state index >= 15 is 0 Å². The van der Waals surface area contributed by atoms with E-state index in [1.807, 2.05) is 18.2 Å². The number of nitrogens with one attached hydrogen (secondary N) is 1. The van der Waals surface area contributed by atoms with Crippen molar-refractivity contribution in [3.05, 3.63) is 57.8 Å². The topological polar surface area (TPSA) is 60.2 Å². The molecule has 4 nitrogen and oxygen atoms in total.